The number of nitrogens with one attached hydrogen (secondary N) is 2. The van der Waals surface area contributed by atoms with Gasteiger partial charge in [0.25, 0.3) is 5.56 Å². The fourth-order valence-electron chi connectivity index (χ4n) is 1.60. The normalized spacial score (nSPS) is 23.2. The van der Waals surface area contributed by atoms with E-state index in [0.29, 0.717) is 6.04 Å². The Kier molecular flexibility index (Phi) is 1.99. The predicted octanol–water partition coefficient (Wildman–Crippen LogP) is 0.262. The second kappa shape index (κ2) is 3.15. The predicted molar refractivity (Wildman–Crippen MR) is 44.1 cm³/mol. The number of hydrogen-bond acceptors (Lipinski definition) is 3. The molecular formula is C8H12N2O2. The fraction of sp³-hybridized carbons (Fsp3) is 0.625. The van der Waals surface area contributed by atoms with Gasteiger partial charge in [-0.1, -0.05) is 0 Å². The van der Waals surface area contributed by atoms with E-state index in [1.165, 1.54) is 18.9 Å². The Bertz CT molecular complexity index is 296. The molecule has 1 unspecified atom stereocenters. The van der Waals surface area contributed by atoms with Crippen molar-refractivity contribution >= 4 is 0 Å². The van der Waals surface area contributed by atoms with Gasteiger partial charge in [0.1, 0.15) is 5.76 Å². The van der Waals surface area contributed by atoms with Crippen LogP contribution in [0.3, 0.4) is 0 Å². The van der Waals surface area contributed by atoms with Gasteiger partial charge in [-0.2, -0.15) is 5.16 Å². The van der Waals surface area contributed by atoms with E-state index < -0.39 is 0 Å². The molecule has 4 heteroatoms. The Balaban J connectivity index is 1.98. The van der Waals surface area contributed by atoms with Crippen LogP contribution in [0.2, 0.25) is 0 Å². The number of aromatic amines is 1. The molecule has 0 aliphatic carbocycles. The topological polar surface area (TPSA) is 58.0 Å². The molecule has 12 heavy (non-hydrogen) atoms. The van der Waals surface area contributed by atoms with Crippen LogP contribution >= 0.6 is 0 Å². The van der Waals surface area contributed by atoms with Crippen molar-refractivity contribution in [2.45, 2.75) is 25.3 Å². The van der Waals surface area contributed by atoms with Gasteiger partial charge < -0.3 is 9.84 Å². The molecule has 0 bridgehead atoms. The van der Waals surface area contributed by atoms with E-state index in [0.717, 1.165) is 18.7 Å². The summed E-state index contributed by atoms with van der Waals surface area (Å²) in [7, 11) is 0. The standard InChI is InChI=1S/C8H12N2O2/c11-8-5-7(12-10-8)4-6-2-1-3-9-6/h5-6,9H,1-4H2,(H,10,11). The minimum Gasteiger partial charge on any atom is -0.383 e. The monoisotopic (exact) mass is 168 g/mol. The first kappa shape index (κ1) is 7.61. The summed E-state index contributed by atoms with van der Waals surface area (Å²) in [5, 5.41) is 5.62. The minimum atomic E-state index is -0.150. The summed E-state index contributed by atoms with van der Waals surface area (Å²) in [4.78, 5) is 10.7. The first-order valence-electron chi connectivity index (χ1n) is 4.25. The third-order valence-electron chi connectivity index (χ3n) is 2.18. The third-order valence-corrected chi connectivity index (χ3v) is 2.18. The maximum atomic E-state index is 10.7. The van der Waals surface area contributed by atoms with Crippen LogP contribution in [0.25, 0.3) is 0 Å². The lowest BCUT2D eigenvalue weighted by atomic mass is 10.1. The lowest BCUT2D eigenvalue weighted by Gasteiger charge is -2.05. The van der Waals surface area contributed by atoms with Crippen molar-refractivity contribution in [3.05, 3.63) is 22.2 Å². The number of aromatic nitrogens is 1. The summed E-state index contributed by atoms with van der Waals surface area (Å²) < 4.78 is 4.95. The van der Waals surface area contributed by atoms with E-state index in [-0.39, 0.29) is 5.56 Å². The second-order valence-electron chi connectivity index (χ2n) is 3.18. The largest absolute Gasteiger partial charge is 0.383 e. The molecule has 1 atom stereocenters. The smallest absolute Gasteiger partial charge is 0.280 e. The van der Waals surface area contributed by atoms with Crippen molar-refractivity contribution in [3.8, 4) is 0 Å². The van der Waals surface area contributed by atoms with E-state index in [4.69, 9.17) is 4.52 Å². The Morgan fingerprint density at radius 1 is 1.67 bits per heavy atom. The first-order valence-corrected chi connectivity index (χ1v) is 4.25. The van der Waals surface area contributed by atoms with Crippen molar-refractivity contribution < 1.29 is 4.52 Å². The maximum Gasteiger partial charge on any atom is 0.280 e. The zero-order chi connectivity index (χ0) is 8.39. The molecule has 1 aliphatic heterocycles. The van der Waals surface area contributed by atoms with Gasteiger partial charge in [0.05, 0.1) is 0 Å². The highest BCUT2D eigenvalue weighted by Gasteiger charge is 2.15. The van der Waals surface area contributed by atoms with Gasteiger partial charge in [0, 0.05) is 18.5 Å². The Morgan fingerprint density at radius 3 is 3.17 bits per heavy atom. The van der Waals surface area contributed by atoms with Crippen LogP contribution in [0.1, 0.15) is 18.6 Å². The molecule has 1 fully saturated rings. The zero-order valence-corrected chi connectivity index (χ0v) is 6.80. The van der Waals surface area contributed by atoms with Gasteiger partial charge in [-0.15, -0.1) is 0 Å². The van der Waals surface area contributed by atoms with E-state index in [1.807, 2.05) is 0 Å². The van der Waals surface area contributed by atoms with E-state index in [2.05, 4.69) is 10.5 Å². The lowest BCUT2D eigenvalue weighted by Crippen LogP contribution is -2.23. The Hall–Kier alpha value is -1.03. The summed E-state index contributed by atoms with van der Waals surface area (Å²) in [5.41, 5.74) is -0.150. The highest BCUT2D eigenvalue weighted by Crippen LogP contribution is 2.09. The number of H-pyrrole nitrogens is 1. The van der Waals surface area contributed by atoms with Gasteiger partial charge in [-0.25, -0.2) is 0 Å². The average molecular weight is 168 g/mol. The molecule has 1 aromatic heterocycles. The Labute approximate surface area is 69.9 Å². The van der Waals surface area contributed by atoms with Gasteiger partial charge in [-0.05, 0) is 19.4 Å². The van der Waals surface area contributed by atoms with Crippen molar-refractivity contribution in [1.29, 1.82) is 0 Å². The molecule has 4 nitrogen and oxygen atoms in total. The van der Waals surface area contributed by atoms with Crippen LogP contribution in [0.5, 0.6) is 0 Å². The van der Waals surface area contributed by atoms with Gasteiger partial charge in [0.2, 0.25) is 0 Å². The second-order valence-corrected chi connectivity index (χ2v) is 3.18. The SMILES string of the molecule is O=c1cc(CC2CCCN2)o[nH]1. The molecule has 0 amide bonds. The van der Waals surface area contributed by atoms with Crippen LogP contribution in [-0.2, 0) is 6.42 Å². The molecule has 2 rings (SSSR count). The summed E-state index contributed by atoms with van der Waals surface area (Å²) in [5.74, 6) is 0.749. The molecule has 1 saturated heterocycles. The molecule has 66 valence electrons. The van der Waals surface area contributed by atoms with Crippen LogP contribution in [-0.4, -0.2) is 17.7 Å². The van der Waals surface area contributed by atoms with E-state index in [9.17, 15) is 4.79 Å². The molecule has 0 saturated carbocycles. The quantitative estimate of drug-likeness (QED) is 0.666. The van der Waals surface area contributed by atoms with Crippen LogP contribution in [0, 0.1) is 0 Å². The Morgan fingerprint density at radius 2 is 2.58 bits per heavy atom. The summed E-state index contributed by atoms with van der Waals surface area (Å²) in [6.45, 7) is 1.08. The van der Waals surface area contributed by atoms with Gasteiger partial charge in [-0.3, -0.25) is 4.79 Å². The van der Waals surface area contributed by atoms with Crippen molar-refractivity contribution in [2.75, 3.05) is 6.54 Å². The summed E-state index contributed by atoms with van der Waals surface area (Å²) in [6, 6.07) is 2.00. The highest BCUT2D eigenvalue weighted by molar-refractivity contribution is 4.97. The molecular weight excluding hydrogens is 156 g/mol. The molecule has 0 radical (unpaired) electrons. The summed E-state index contributed by atoms with van der Waals surface area (Å²) in [6.07, 6.45) is 3.22. The first-order chi connectivity index (χ1) is 5.84. The van der Waals surface area contributed by atoms with Crippen LogP contribution in [0.4, 0.5) is 0 Å². The fourth-order valence-corrected chi connectivity index (χ4v) is 1.60. The molecule has 0 aromatic carbocycles. The molecule has 0 spiro atoms. The van der Waals surface area contributed by atoms with Gasteiger partial charge >= 0.3 is 0 Å². The highest BCUT2D eigenvalue weighted by atomic mass is 16.5. The lowest BCUT2D eigenvalue weighted by molar-refractivity contribution is 0.365. The third kappa shape index (κ3) is 1.58. The summed E-state index contributed by atoms with van der Waals surface area (Å²) >= 11 is 0. The average Bonchev–Trinajstić information content (AvgIpc) is 2.63. The number of rotatable bonds is 2. The minimum absolute atomic E-state index is 0.150. The molecule has 2 heterocycles. The van der Waals surface area contributed by atoms with Crippen LogP contribution in [0.15, 0.2) is 15.4 Å². The van der Waals surface area contributed by atoms with Crippen molar-refractivity contribution in [1.82, 2.24) is 10.5 Å². The van der Waals surface area contributed by atoms with E-state index in [1.54, 1.807) is 0 Å². The van der Waals surface area contributed by atoms with E-state index >= 15 is 0 Å². The zero-order valence-electron chi connectivity index (χ0n) is 6.80. The number of hydrogen-bond donors (Lipinski definition) is 2. The molecule has 2 N–H and O–H groups in total. The van der Waals surface area contributed by atoms with Crippen LogP contribution < -0.4 is 10.9 Å². The maximum absolute atomic E-state index is 10.7. The molecule has 1 aliphatic rings. The van der Waals surface area contributed by atoms with Crippen molar-refractivity contribution in [2.24, 2.45) is 0 Å². The van der Waals surface area contributed by atoms with Crippen molar-refractivity contribution in [3.63, 3.8) is 0 Å². The van der Waals surface area contributed by atoms with Gasteiger partial charge in [0.15, 0.2) is 0 Å². The molecule has 1 aromatic rings.